The average molecular weight is 313 g/mol. The molecule has 5 nitrogen and oxygen atoms in total. The number of carbonyl (C=O) groups excluding carboxylic acids is 1. The summed E-state index contributed by atoms with van der Waals surface area (Å²) in [5, 5.41) is 9.61. The molecule has 0 aliphatic carbocycles. The van der Waals surface area contributed by atoms with Crippen LogP contribution in [0.4, 0.5) is 4.39 Å². The van der Waals surface area contributed by atoms with Crippen LogP contribution in [-0.4, -0.2) is 39.5 Å². The lowest BCUT2D eigenvalue weighted by Gasteiger charge is -2.31. The first-order chi connectivity index (χ1) is 9.66. The van der Waals surface area contributed by atoms with Crippen molar-refractivity contribution >= 4 is 34.4 Å². The Morgan fingerprint density at radius 2 is 2.00 bits per heavy atom. The quantitative estimate of drug-likeness (QED) is 0.915. The van der Waals surface area contributed by atoms with Crippen LogP contribution in [0.1, 0.15) is 24.3 Å². The third-order valence-corrected chi connectivity index (χ3v) is 3.97. The molecule has 2 aromatic rings. The van der Waals surface area contributed by atoms with E-state index in [-0.39, 0.29) is 10.7 Å². The summed E-state index contributed by atoms with van der Waals surface area (Å²) in [6.07, 6.45) is 0. The van der Waals surface area contributed by atoms with E-state index in [9.17, 15) is 14.0 Å². The molecule has 1 amide bonds. The van der Waals surface area contributed by atoms with Crippen LogP contribution in [0.25, 0.3) is 10.9 Å². The smallest absolute Gasteiger partial charge is 0.329 e. The Kier molecular flexibility index (Phi) is 3.67. The highest BCUT2D eigenvalue weighted by Crippen LogP contribution is 2.30. The molecule has 2 rings (SSSR count). The van der Waals surface area contributed by atoms with E-state index in [4.69, 9.17) is 16.7 Å². The highest BCUT2D eigenvalue weighted by atomic mass is 35.5. The summed E-state index contributed by atoms with van der Waals surface area (Å²) in [6, 6.07) is 3.93. The maximum atomic E-state index is 13.2. The van der Waals surface area contributed by atoms with Crippen LogP contribution in [0.3, 0.4) is 0 Å². The molecule has 0 aliphatic rings. The summed E-state index contributed by atoms with van der Waals surface area (Å²) in [4.78, 5) is 27.5. The molecule has 21 heavy (non-hydrogen) atoms. The van der Waals surface area contributed by atoms with Crippen molar-refractivity contribution in [1.82, 2.24) is 9.88 Å². The molecule has 0 saturated heterocycles. The van der Waals surface area contributed by atoms with E-state index in [1.54, 1.807) is 0 Å². The van der Waals surface area contributed by atoms with E-state index in [0.717, 1.165) is 4.90 Å². The Morgan fingerprint density at radius 3 is 2.57 bits per heavy atom. The van der Waals surface area contributed by atoms with E-state index < -0.39 is 23.2 Å². The van der Waals surface area contributed by atoms with Gasteiger partial charge in [-0.15, -0.1) is 0 Å². The van der Waals surface area contributed by atoms with E-state index in [1.165, 1.54) is 39.1 Å². The van der Waals surface area contributed by atoms with Crippen molar-refractivity contribution in [3.8, 4) is 0 Å². The van der Waals surface area contributed by atoms with Gasteiger partial charge in [0.25, 0.3) is 5.91 Å². The van der Waals surface area contributed by atoms with Crippen LogP contribution >= 0.6 is 11.6 Å². The number of likely N-dealkylation sites (N-methyl/N-ethyl adjacent to an activating group) is 1. The van der Waals surface area contributed by atoms with Crippen molar-refractivity contribution < 1.29 is 19.1 Å². The normalized spacial score (nSPS) is 11.7. The molecule has 0 fully saturated rings. The molecule has 1 heterocycles. The number of benzene rings is 1. The van der Waals surface area contributed by atoms with Gasteiger partial charge in [-0.25, -0.2) is 9.18 Å². The topological polar surface area (TPSA) is 73.4 Å². The van der Waals surface area contributed by atoms with Crippen LogP contribution in [0, 0.1) is 5.82 Å². The second-order valence-electron chi connectivity index (χ2n) is 5.23. The number of hydrogen-bond acceptors (Lipinski definition) is 2. The number of nitrogens with one attached hydrogen (secondary N) is 1. The maximum Gasteiger partial charge on any atom is 0.329 e. The number of halogens is 2. The summed E-state index contributed by atoms with van der Waals surface area (Å²) in [5.74, 6) is -2.19. The summed E-state index contributed by atoms with van der Waals surface area (Å²) < 4.78 is 13.2. The van der Waals surface area contributed by atoms with Gasteiger partial charge in [0.1, 0.15) is 17.1 Å². The highest BCUT2D eigenvalue weighted by Gasteiger charge is 2.36. The molecule has 0 unspecified atom stereocenters. The van der Waals surface area contributed by atoms with Gasteiger partial charge in [0.05, 0.1) is 5.02 Å². The number of fused-ring (bicyclic) bond motifs is 1. The summed E-state index contributed by atoms with van der Waals surface area (Å²) in [6.45, 7) is 2.81. The number of carboxylic acids is 1. The van der Waals surface area contributed by atoms with Gasteiger partial charge >= 0.3 is 5.97 Å². The van der Waals surface area contributed by atoms with Crippen LogP contribution in [0.15, 0.2) is 18.2 Å². The minimum atomic E-state index is -1.40. The number of H-pyrrole nitrogens is 1. The fraction of sp³-hybridized carbons (Fsp3) is 0.286. The monoisotopic (exact) mass is 312 g/mol. The molecule has 1 aromatic carbocycles. The third-order valence-electron chi connectivity index (χ3n) is 3.58. The molecule has 0 aliphatic heterocycles. The summed E-state index contributed by atoms with van der Waals surface area (Å²) >= 11 is 6.10. The molecule has 0 spiro atoms. The largest absolute Gasteiger partial charge is 0.480 e. The average Bonchev–Trinajstić information content (AvgIpc) is 2.74. The van der Waals surface area contributed by atoms with Crippen molar-refractivity contribution in [1.29, 1.82) is 0 Å². The molecule has 0 bridgehead atoms. The maximum absolute atomic E-state index is 13.2. The van der Waals surface area contributed by atoms with Gasteiger partial charge < -0.3 is 15.0 Å². The number of aliphatic carboxylic acids is 1. The van der Waals surface area contributed by atoms with E-state index in [1.807, 2.05) is 0 Å². The number of aromatic amines is 1. The molecule has 112 valence electrons. The lowest BCUT2D eigenvalue weighted by Crippen LogP contribution is -2.50. The molecule has 2 N–H and O–H groups in total. The Morgan fingerprint density at radius 1 is 1.38 bits per heavy atom. The second-order valence-corrected chi connectivity index (χ2v) is 5.61. The van der Waals surface area contributed by atoms with E-state index in [2.05, 4.69) is 4.98 Å². The van der Waals surface area contributed by atoms with E-state index >= 15 is 0 Å². The standard InChI is InChI=1S/C14H14ClFN2O3/c1-14(2,13(20)21)18(3)12(19)11-10(15)8-6-7(16)4-5-9(8)17-11/h4-6,17H,1-3H3,(H,20,21). The first-order valence-corrected chi connectivity index (χ1v) is 6.52. The van der Waals surface area contributed by atoms with Gasteiger partial charge in [-0.1, -0.05) is 11.6 Å². The SMILES string of the molecule is CN(C(=O)c1[nH]c2ccc(F)cc2c1Cl)C(C)(C)C(=O)O. The van der Waals surface area contributed by atoms with Crippen molar-refractivity contribution in [2.45, 2.75) is 19.4 Å². The zero-order chi connectivity index (χ0) is 15.9. The summed E-state index contributed by atoms with van der Waals surface area (Å²) in [5.41, 5.74) is -0.858. The summed E-state index contributed by atoms with van der Waals surface area (Å²) in [7, 11) is 1.37. The Balaban J connectivity index is 2.49. The van der Waals surface area contributed by atoms with Crippen molar-refractivity contribution in [2.75, 3.05) is 7.05 Å². The predicted octanol–water partition coefficient (Wildman–Crippen LogP) is 2.90. The van der Waals surface area contributed by atoms with E-state index in [0.29, 0.717) is 10.9 Å². The molecule has 7 heteroatoms. The minimum Gasteiger partial charge on any atom is -0.480 e. The van der Waals surface area contributed by atoms with Crippen molar-refractivity contribution in [2.24, 2.45) is 0 Å². The van der Waals surface area contributed by atoms with Gasteiger partial charge in [0.2, 0.25) is 0 Å². The van der Waals surface area contributed by atoms with Crippen LogP contribution in [-0.2, 0) is 4.79 Å². The van der Waals surface area contributed by atoms with Gasteiger partial charge in [-0.3, -0.25) is 4.79 Å². The number of aromatic nitrogens is 1. The van der Waals surface area contributed by atoms with Gasteiger partial charge in [0, 0.05) is 18.0 Å². The molecule has 0 saturated carbocycles. The number of rotatable bonds is 3. The zero-order valence-electron chi connectivity index (χ0n) is 11.7. The van der Waals surface area contributed by atoms with Crippen LogP contribution < -0.4 is 0 Å². The molecule has 0 radical (unpaired) electrons. The lowest BCUT2D eigenvalue weighted by molar-refractivity contribution is -0.147. The Bertz CT molecular complexity index is 739. The number of hydrogen-bond donors (Lipinski definition) is 2. The molecular formula is C14H14ClFN2O3. The molecule has 0 atom stereocenters. The van der Waals surface area contributed by atoms with Crippen molar-refractivity contribution in [3.05, 3.63) is 34.7 Å². The minimum absolute atomic E-state index is 0.0362. The van der Waals surface area contributed by atoms with Crippen molar-refractivity contribution in [3.63, 3.8) is 0 Å². The van der Waals surface area contributed by atoms with Gasteiger partial charge in [-0.2, -0.15) is 0 Å². The fourth-order valence-corrected chi connectivity index (χ4v) is 2.13. The van der Waals surface area contributed by atoms with Crippen LogP contribution in [0.5, 0.6) is 0 Å². The number of amides is 1. The highest BCUT2D eigenvalue weighted by molar-refractivity contribution is 6.38. The zero-order valence-corrected chi connectivity index (χ0v) is 12.5. The number of nitrogens with zero attached hydrogens (tertiary/aromatic N) is 1. The molecular weight excluding hydrogens is 299 g/mol. The van der Waals surface area contributed by atoms with Gasteiger partial charge in [0.15, 0.2) is 0 Å². The fourth-order valence-electron chi connectivity index (χ4n) is 1.84. The lowest BCUT2D eigenvalue weighted by atomic mass is 10.0. The van der Waals surface area contributed by atoms with Crippen LogP contribution in [0.2, 0.25) is 5.02 Å². The first-order valence-electron chi connectivity index (χ1n) is 6.14. The Hall–Kier alpha value is -2.08. The number of carbonyl (C=O) groups is 2. The first kappa shape index (κ1) is 15.3. The Labute approximate surface area is 125 Å². The molecule has 1 aromatic heterocycles. The second kappa shape index (κ2) is 5.04. The number of carboxylic acid groups (broad SMARTS) is 1. The third kappa shape index (κ3) is 2.47. The van der Waals surface area contributed by atoms with Gasteiger partial charge in [-0.05, 0) is 32.0 Å². The predicted molar refractivity (Wildman–Crippen MR) is 77.1 cm³/mol.